The van der Waals surface area contributed by atoms with Gasteiger partial charge >= 0.3 is 0 Å². The molecule has 1 heterocycles. The van der Waals surface area contributed by atoms with Crippen molar-refractivity contribution in [1.29, 1.82) is 0 Å². The van der Waals surface area contributed by atoms with Crippen LogP contribution in [0, 0.1) is 5.92 Å². The normalized spacial score (nSPS) is 14.0. The highest BCUT2D eigenvalue weighted by atomic mass is 16.5. The van der Waals surface area contributed by atoms with Gasteiger partial charge in [-0.25, -0.2) is 0 Å². The zero-order valence-corrected chi connectivity index (χ0v) is 18.7. The van der Waals surface area contributed by atoms with Gasteiger partial charge < -0.3 is 20.3 Å². The molecule has 0 aromatic heterocycles. The van der Waals surface area contributed by atoms with E-state index < -0.39 is 0 Å². The second kappa shape index (κ2) is 15.3. The van der Waals surface area contributed by atoms with Crippen molar-refractivity contribution >= 4 is 17.7 Å². The highest BCUT2D eigenvalue weighted by molar-refractivity contribution is 5.83. The lowest BCUT2D eigenvalue weighted by Crippen LogP contribution is -2.41. The molecule has 0 radical (unpaired) electrons. The van der Waals surface area contributed by atoms with Crippen molar-refractivity contribution in [2.75, 3.05) is 26.3 Å². The fraction of sp³-hybridized carbons (Fsp3) is 0.857. The van der Waals surface area contributed by atoms with Crippen molar-refractivity contribution in [3.05, 3.63) is 0 Å². The van der Waals surface area contributed by atoms with Crippen LogP contribution in [0.1, 0.15) is 73.6 Å². The zero-order valence-electron chi connectivity index (χ0n) is 18.7. The third-order valence-corrected chi connectivity index (χ3v) is 4.01. The number of ether oxygens (including phenoxy) is 1. The number of morpholine rings is 1. The van der Waals surface area contributed by atoms with E-state index in [0.717, 1.165) is 12.8 Å². The van der Waals surface area contributed by atoms with E-state index in [1.807, 2.05) is 27.7 Å². The Morgan fingerprint density at radius 1 is 0.821 bits per heavy atom. The van der Waals surface area contributed by atoms with Gasteiger partial charge in [-0.3, -0.25) is 14.4 Å². The third kappa shape index (κ3) is 15.4. The van der Waals surface area contributed by atoms with Gasteiger partial charge in [-0.2, -0.15) is 0 Å². The van der Waals surface area contributed by atoms with Gasteiger partial charge in [0.05, 0.1) is 13.2 Å². The summed E-state index contributed by atoms with van der Waals surface area (Å²) >= 11 is 0. The maximum absolute atomic E-state index is 11.7. The lowest BCUT2D eigenvalue weighted by molar-refractivity contribution is -0.137. The molecule has 1 aliphatic rings. The second-order valence-electron chi connectivity index (χ2n) is 8.22. The van der Waals surface area contributed by atoms with Gasteiger partial charge in [0.1, 0.15) is 0 Å². The molecule has 0 aromatic carbocycles. The summed E-state index contributed by atoms with van der Waals surface area (Å²) in [5.41, 5.74) is 0. The van der Waals surface area contributed by atoms with Crippen LogP contribution in [0.25, 0.3) is 0 Å². The maximum Gasteiger partial charge on any atom is 0.223 e. The molecule has 7 nitrogen and oxygen atoms in total. The van der Waals surface area contributed by atoms with E-state index in [-0.39, 0.29) is 36.2 Å². The summed E-state index contributed by atoms with van der Waals surface area (Å²) in [5.74, 6) is 0.876. The van der Waals surface area contributed by atoms with Gasteiger partial charge in [-0.05, 0) is 40.0 Å². The van der Waals surface area contributed by atoms with E-state index in [2.05, 4.69) is 24.5 Å². The van der Waals surface area contributed by atoms with E-state index in [1.165, 1.54) is 0 Å². The van der Waals surface area contributed by atoms with Crippen LogP contribution in [0.4, 0.5) is 0 Å². The van der Waals surface area contributed by atoms with Gasteiger partial charge in [-0.15, -0.1) is 0 Å². The number of nitrogens with one attached hydrogen (secondary N) is 2. The summed E-state index contributed by atoms with van der Waals surface area (Å²) in [6, 6.07) is 0.405. The van der Waals surface area contributed by atoms with E-state index in [0.29, 0.717) is 45.1 Å². The van der Waals surface area contributed by atoms with Crippen LogP contribution < -0.4 is 10.6 Å². The highest BCUT2D eigenvalue weighted by Crippen LogP contribution is 2.05. The minimum atomic E-state index is -0.0587. The summed E-state index contributed by atoms with van der Waals surface area (Å²) in [5, 5.41) is 5.64. The van der Waals surface area contributed by atoms with Crippen LogP contribution in [0.15, 0.2) is 0 Å². The van der Waals surface area contributed by atoms with E-state index >= 15 is 0 Å². The number of carbonyl (C=O) groups excluding carboxylic acids is 3. The second-order valence-corrected chi connectivity index (χ2v) is 8.22. The molecule has 0 unspecified atom stereocenters. The summed E-state index contributed by atoms with van der Waals surface area (Å²) in [6.07, 6.45) is 3.39. The SMILES string of the molecule is CC(C)CCCC(=O)NC(C)C.CC(C)NC(=O)CCC(=O)N1CCOCC1. The average molecular weight is 400 g/mol. The number of hydrogen-bond donors (Lipinski definition) is 2. The molecule has 1 rings (SSSR count). The first-order chi connectivity index (χ1) is 13.1. The Labute approximate surface area is 170 Å². The quantitative estimate of drug-likeness (QED) is 0.623. The molecule has 28 heavy (non-hydrogen) atoms. The average Bonchev–Trinajstić information content (AvgIpc) is 2.59. The Hall–Kier alpha value is -1.63. The van der Waals surface area contributed by atoms with E-state index in [1.54, 1.807) is 4.90 Å². The Kier molecular flexibility index (Phi) is 14.4. The van der Waals surface area contributed by atoms with Crippen molar-refractivity contribution in [2.45, 2.75) is 85.7 Å². The molecule has 1 saturated heterocycles. The Morgan fingerprint density at radius 2 is 1.32 bits per heavy atom. The summed E-state index contributed by atoms with van der Waals surface area (Å²) in [7, 11) is 0. The minimum Gasteiger partial charge on any atom is -0.378 e. The van der Waals surface area contributed by atoms with Crippen molar-refractivity contribution < 1.29 is 19.1 Å². The zero-order chi connectivity index (χ0) is 21.5. The number of amides is 3. The molecule has 7 heteroatoms. The lowest BCUT2D eigenvalue weighted by Gasteiger charge is -2.26. The molecule has 1 fully saturated rings. The molecule has 0 saturated carbocycles. The Bertz CT molecular complexity index is 459. The monoisotopic (exact) mass is 399 g/mol. The fourth-order valence-electron chi connectivity index (χ4n) is 2.65. The van der Waals surface area contributed by atoms with Crippen molar-refractivity contribution in [3.8, 4) is 0 Å². The topological polar surface area (TPSA) is 87.7 Å². The summed E-state index contributed by atoms with van der Waals surface area (Å²) in [6.45, 7) is 14.6. The summed E-state index contributed by atoms with van der Waals surface area (Å²) in [4.78, 5) is 35.9. The number of nitrogens with zero attached hydrogens (tertiary/aromatic N) is 1. The van der Waals surface area contributed by atoms with Crippen LogP contribution in [-0.4, -0.2) is 61.0 Å². The van der Waals surface area contributed by atoms with Gasteiger partial charge in [-0.1, -0.05) is 20.3 Å². The Morgan fingerprint density at radius 3 is 1.79 bits per heavy atom. The van der Waals surface area contributed by atoms with Crippen LogP contribution >= 0.6 is 0 Å². The van der Waals surface area contributed by atoms with Gasteiger partial charge in [0.25, 0.3) is 0 Å². The van der Waals surface area contributed by atoms with Crippen LogP contribution in [0.5, 0.6) is 0 Å². The van der Waals surface area contributed by atoms with Gasteiger partial charge in [0, 0.05) is 44.4 Å². The first kappa shape index (κ1) is 26.4. The van der Waals surface area contributed by atoms with E-state index in [4.69, 9.17) is 4.74 Å². The van der Waals surface area contributed by atoms with Crippen molar-refractivity contribution in [3.63, 3.8) is 0 Å². The molecule has 0 aliphatic carbocycles. The first-order valence-electron chi connectivity index (χ1n) is 10.6. The highest BCUT2D eigenvalue weighted by Gasteiger charge is 2.17. The minimum absolute atomic E-state index is 0.0437. The predicted molar refractivity (Wildman–Crippen MR) is 112 cm³/mol. The van der Waals surface area contributed by atoms with Crippen LogP contribution in [0.3, 0.4) is 0 Å². The molecule has 1 aliphatic heterocycles. The smallest absolute Gasteiger partial charge is 0.223 e. The molecule has 3 amide bonds. The molecule has 0 aromatic rings. The lowest BCUT2D eigenvalue weighted by atomic mass is 10.1. The molecular formula is C21H41N3O4. The molecule has 0 bridgehead atoms. The number of rotatable bonds is 9. The molecular weight excluding hydrogens is 358 g/mol. The Balaban J connectivity index is 0.000000546. The standard InChI is InChI=1S/C11H20N2O3.C10H21NO/c1-9(2)12-10(14)3-4-11(15)13-5-7-16-8-6-13;1-8(2)6-5-7-10(12)11-9(3)4/h9H,3-8H2,1-2H3,(H,12,14);8-9H,5-7H2,1-4H3,(H,11,12). The van der Waals surface area contributed by atoms with Gasteiger partial charge in [0.15, 0.2) is 0 Å². The molecule has 164 valence electrons. The maximum atomic E-state index is 11.7. The van der Waals surface area contributed by atoms with E-state index in [9.17, 15) is 14.4 Å². The fourth-order valence-corrected chi connectivity index (χ4v) is 2.65. The summed E-state index contributed by atoms with van der Waals surface area (Å²) < 4.78 is 5.15. The largest absolute Gasteiger partial charge is 0.378 e. The van der Waals surface area contributed by atoms with Crippen molar-refractivity contribution in [1.82, 2.24) is 15.5 Å². The molecule has 0 atom stereocenters. The van der Waals surface area contributed by atoms with Crippen LogP contribution in [0.2, 0.25) is 0 Å². The van der Waals surface area contributed by atoms with Gasteiger partial charge in [0.2, 0.25) is 17.7 Å². The van der Waals surface area contributed by atoms with Crippen molar-refractivity contribution in [2.24, 2.45) is 5.92 Å². The molecule has 2 N–H and O–H groups in total. The first-order valence-corrected chi connectivity index (χ1v) is 10.6. The third-order valence-electron chi connectivity index (χ3n) is 4.01. The number of carbonyl (C=O) groups is 3. The van der Waals surface area contributed by atoms with Crippen LogP contribution in [-0.2, 0) is 19.1 Å². The molecule has 0 spiro atoms. The predicted octanol–water partition coefficient (Wildman–Crippen LogP) is 2.49. The number of hydrogen-bond acceptors (Lipinski definition) is 4.